The van der Waals surface area contributed by atoms with Crippen LogP contribution in [0.1, 0.15) is 29.8 Å². The number of hydrogen-bond acceptors (Lipinski definition) is 6. The number of guanidine groups is 1. The van der Waals surface area contributed by atoms with Crippen LogP contribution in [0.3, 0.4) is 0 Å². The lowest BCUT2D eigenvalue weighted by molar-refractivity contribution is -0.130. The van der Waals surface area contributed by atoms with Gasteiger partial charge in [-0.15, -0.1) is 0 Å². The van der Waals surface area contributed by atoms with Crippen LogP contribution in [0.25, 0.3) is 6.08 Å². The highest BCUT2D eigenvalue weighted by molar-refractivity contribution is 6.28. The molecule has 2 aliphatic rings. The number of amides is 2. The Morgan fingerprint density at radius 2 is 1.79 bits per heavy atom. The standard InChI is InChI=1S/C25H21N3O6/c1-4-33-17-11-9-16(10-12-17)13-20-23(31)28(25(27(20)3)26-15(2)29)14-19-22(30)18-7-5-6-8-21(18)34-24(19)32/h5-14H,4H2,1-3H3/b19-14+,20-13+,26-25?. The van der Waals surface area contributed by atoms with Crippen LogP contribution in [0.4, 0.5) is 0 Å². The SMILES string of the molecule is CCOc1ccc(/C=C2\C(=O)N(/C=C3/C(=O)Oc4ccccc4C3=O)C(=NC(C)=O)N2C)cc1. The minimum Gasteiger partial charge on any atom is -0.494 e. The molecule has 0 aliphatic carbocycles. The second-order valence-electron chi connectivity index (χ2n) is 7.45. The lowest BCUT2D eigenvalue weighted by Crippen LogP contribution is -2.33. The van der Waals surface area contributed by atoms with Crippen LogP contribution in [-0.4, -0.2) is 53.0 Å². The summed E-state index contributed by atoms with van der Waals surface area (Å²) in [5.74, 6) is -1.81. The summed E-state index contributed by atoms with van der Waals surface area (Å²) in [5.41, 5.74) is 0.748. The molecule has 9 heteroatoms. The Bertz CT molecular complexity index is 1290. The number of aliphatic imine (C=N–C) groups is 1. The first-order valence-electron chi connectivity index (χ1n) is 10.5. The third kappa shape index (κ3) is 4.23. The minimum atomic E-state index is -0.898. The molecule has 34 heavy (non-hydrogen) atoms. The molecule has 0 radical (unpaired) electrons. The van der Waals surface area contributed by atoms with E-state index in [1.807, 2.05) is 6.92 Å². The second-order valence-corrected chi connectivity index (χ2v) is 7.45. The highest BCUT2D eigenvalue weighted by atomic mass is 16.5. The molecule has 9 nitrogen and oxygen atoms in total. The zero-order chi connectivity index (χ0) is 24.4. The van der Waals surface area contributed by atoms with Gasteiger partial charge in [-0.1, -0.05) is 24.3 Å². The number of esters is 1. The molecule has 1 fully saturated rings. The molecule has 0 bridgehead atoms. The molecule has 2 aliphatic heterocycles. The molecule has 0 aromatic heterocycles. The number of ether oxygens (including phenoxy) is 2. The smallest absolute Gasteiger partial charge is 0.349 e. The molecule has 2 aromatic rings. The number of nitrogens with zero attached hydrogens (tertiary/aromatic N) is 3. The number of ketones is 1. The Labute approximate surface area is 195 Å². The van der Waals surface area contributed by atoms with Gasteiger partial charge in [-0.3, -0.25) is 19.3 Å². The summed E-state index contributed by atoms with van der Waals surface area (Å²) in [6, 6.07) is 13.4. The summed E-state index contributed by atoms with van der Waals surface area (Å²) in [7, 11) is 1.56. The number of fused-ring (bicyclic) bond motifs is 1. The van der Waals surface area contributed by atoms with Crippen LogP contribution in [0.2, 0.25) is 0 Å². The fourth-order valence-electron chi connectivity index (χ4n) is 3.53. The maximum absolute atomic E-state index is 13.3. The van der Waals surface area contributed by atoms with Crippen LogP contribution in [0.15, 0.2) is 71.0 Å². The van der Waals surface area contributed by atoms with Crippen LogP contribution < -0.4 is 9.47 Å². The van der Waals surface area contributed by atoms with Crippen LogP contribution in [0.5, 0.6) is 11.5 Å². The summed E-state index contributed by atoms with van der Waals surface area (Å²) < 4.78 is 10.7. The maximum Gasteiger partial charge on any atom is 0.349 e. The maximum atomic E-state index is 13.3. The number of hydrogen-bond donors (Lipinski definition) is 0. The number of carbonyl (C=O) groups excluding carboxylic acids is 4. The average molecular weight is 459 g/mol. The van der Waals surface area contributed by atoms with Crippen molar-refractivity contribution in [1.82, 2.24) is 9.80 Å². The second kappa shape index (κ2) is 9.14. The fourth-order valence-corrected chi connectivity index (χ4v) is 3.53. The van der Waals surface area contributed by atoms with Crippen molar-refractivity contribution in [3.05, 3.63) is 77.1 Å². The summed E-state index contributed by atoms with van der Waals surface area (Å²) in [6.45, 7) is 3.65. The normalized spacial score (nSPS) is 19.1. The first-order valence-corrected chi connectivity index (χ1v) is 10.5. The van der Waals surface area contributed by atoms with Gasteiger partial charge in [-0.2, -0.15) is 4.99 Å². The third-order valence-corrected chi connectivity index (χ3v) is 5.12. The molecule has 2 amide bonds. The van der Waals surface area contributed by atoms with Gasteiger partial charge in [-0.05, 0) is 42.8 Å². The highest BCUT2D eigenvalue weighted by Gasteiger charge is 2.39. The molecule has 0 saturated carbocycles. The summed E-state index contributed by atoms with van der Waals surface area (Å²) >= 11 is 0. The zero-order valence-corrected chi connectivity index (χ0v) is 18.8. The van der Waals surface area contributed by atoms with Gasteiger partial charge in [0.25, 0.3) is 5.91 Å². The molecular weight excluding hydrogens is 438 g/mol. The van der Waals surface area contributed by atoms with Gasteiger partial charge in [0.1, 0.15) is 22.8 Å². The number of para-hydroxylation sites is 1. The van der Waals surface area contributed by atoms with Gasteiger partial charge in [-0.25, -0.2) is 4.79 Å². The van der Waals surface area contributed by atoms with Gasteiger partial charge in [0.05, 0.1) is 12.2 Å². The molecule has 172 valence electrons. The van der Waals surface area contributed by atoms with Crippen molar-refractivity contribution in [2.45, 2.75) is 13.8 Å². The third-order valence-electron chi connectivity index (χ3n) is 5.12. The van der Waals surface area contributed by atoms with Gasteiger partial charge in [0, 0.05) is 20.2 Å². The van der Waals surface area contributed by atoms with E-state index in [1.54, 1.807) is 49.5 Å². The van der Waals surface area contributed by atoms with E-state index in [0.717, 1.165) is 11.1 Å². The van der Waals surface area contributed by atoms with E-state index in [-0.39, 0.29) is 28.5 Å². The largest absolute Gasteiger partial charge is 0.494 e. The topological polar surface area (TPSA) is 106 Å². The Balaban J connectivity index is 1.74. The first kappa shape index (κ1) is 22.7. The van der Waals surface area contributed by atoms with E-state index in [4.69, 9.17) is 9.47 Å². The molecule has 1 saturated heterocycles. The zero-order valence-electron chi connectivity index (χ0n) is 18.8. The van der Waals surface area contributed by atoms with E-state index < -0.39 is 23.6 Å². The molecule has 0 atom stereocenters. The first-order chi connectivity index (χ1) is 16.3. The van der Waals surface area contributed by atoms with Crippen molar-refractivity contribution in [2.75, 3.05) is 13.7 Å². The Morgan fingerprint density at radius 1 is 1.09 bits per heavy atom. The number of Topliss-reactive ketones (excluding diaryl/α,β-unsaturated/α-hetero) is 1. The summed E-state index contributed by atoms with van der Waals surface area (Å²) in [4.78, 5) is 56.9. The number of likely N-dealkylation sites (N-methyl/N-ethyl adjacent to an activating group) is 1. The molecule has 2 aromatic carbocycles. The highest BCUT2D eigenvalue weighted by Crippen LogP contribution is 2.30. The van der Waals surface area contributed by atoms with E-state index >= 15 is 0 Å². The number of rotatable bonds is 4. The Hall–Kier alpha value is -4.53. The van der Waals surface area contributed by atoms with Crippen molar-refractivity contribution in [2.24, 2.45) is 4.99 Å². The van der Waals surface area contributed by atoms with Crippen molar-refractivity contribution < 1.29 is 28.7 Å². The predicted octanol–water partition coefficient (Wildman–Crippen LogP) is 2.79. The average Bonchev–Trinajstić information content (AvgIpc) is 3.01. The molecule has 0 spiro atoms. The van der Waals surface area contributed by atoms with Gasteiger partial charge in [0.2, 0.25) is 17.6 Å². The number of carbonyl (C=O) groups is 4. The lowest BCUT2D eigenvalue weighted by atomic mass is 10.0. The molecule has 2 heterocycles. The minimum absolute atomic E-state index is 0.0401. The van der Waals surface area contributed by atoms with Gasteiger partial charge < -0.3 is 14.4 Å². The molecular formula is C25H21N3O6. The predicted molar refractivity (Wildman–Crippen MR) is 123 cm³/mol. The van der Waals surface area contributed by atoms with E-state index in [2.05, 4.69) is 4.99 Å². The number of benzene rings is 2. The van der Waals surface area contributed by atoms with Gasteiger partial charge in [0.15, 0.2) is 0 Å². The molecule has 0 N–H and O–H groups in total. The van der Waals surface area contributed by atoms with Crippen LogP contribution in [-0.2, 0) is 14.4 Å². The van der Waals surface area contributed by atoms with Crippen molar-refractivity contribution >= 4 is 35.6 Å². The van der Waals surface area contributed by atoms with Crippen LogP contribution >= 0.6 is 0 Å². The van der Waals surface area contributed by atoms with E-state index in [9.17, 15) is 19.2 Å². The van der Waals surface area contributed by atoms with Crippen molar-refractivity contribution in [1.29, 1.82) is 0 Å². The Kier molecular flexibility index (Phi) is 6.09. The van der Waals surface area contributed by atoms with Gasteiger partial charge >= 0.3 is 5.97 Å². The fraction of sp³-hybridized carbons (Fsp3) is 0.160. The molecule has 4 rings (SSSR count). The molecule has 0 unspecified atom stereocenters. The van der Waals surface area contributed by atoms with Crippen molar-refractivity contribution in [3.8, 4) is 11.5 Å². The van der Waals surface area contributed by atoms with Crippen molar-refractivity contribution in [3.63, 3.8) is 0 Å². The van der Waals surface area contributed by atoms with E-state index in [0.29, 0.717) is 17.9 Å². The lowest BCUT2D eigenvalue weighted by Gasteiger charge is -2.19. The Morgan fingerprint density at radius 3 is 2.47 bits per heavy atom. The van der Waals surface area contributed by atoms with E-state index in [1.165, 1.54) is 24.0 Å². The quantitative estimate of drug-likeness (QED) is 0.300. The van der Waals surface area contributed by atoms with Crippen LogP contribution in [0, 0.1) is 0 Å². The summed E-state index contributed by atoms with van der Waals surface area (Å²) in [5, 5.41) is 0. The monoisotopic (exact) mass is 459 g/mol. The summed E-state index contributed by atoms with van der Waals surface area (Å²) in [6.07, 6.45) is 2.68.